The first-order valence-corrected chi connectivity index (χ1v) is 19.8. The number of ether oxygens (including phenoxy) is 4. The standard InChI is InChI=1S/C15H23NO3.C9H9NO6S.C9H10O2.C6H6O2.C3H9N/c1-4-9-18-14-7-5-6-8-15(14)19-11-13(17)10-16-12(2)3;11-10(12)7-2-1-3-9(4-7)17(13,14)16-6-8-5-15-8;1-2-7-11-9-6-4-3-5-8(9)10;7-5-3-1-2-4-6(5)8;1-3(2)4/h4-8,12-13,16-17H,1,9-11H2,2-3H3;1-4,8H,5-6H2;2-6,10H,1,7H2;1-4,7-8H;3H,4H2,1-2H3/t13-;8-;;;/m00.../s1. The molecule has 0 bridgehead atoms. The van der Waals surface area contributed by atoms with Gasteiger partial charge in [-0.1, -0.05) is 95.5 Å². The molecule has 7 N–H and O–H groups in total. The summed E-state index contributed by atoms with van der Waals surface area (Å²) in [4.78, 5) is 9.61. The highest BCUT2D eigenvalue weighted by Crippen LogP contribution is 2.27. The van der Waals surface area contributed by atoms with Crippen molar-refractivity contribution in [2.75, 3.05) is 39.6 Å². The number of nitro groups is 1. The maximum atomic E-state index is 11.6. The van der Waals surface area contributed by atoms with E-state index in [-0.39, 0.29) is 47.1 Å². The van der Waals surface area contributed by atoms with Gasteiger partial charge in [0.15, 0.2) is 34.5 Å². The highest BCUT2D eigenvalue weighted by molar-refractivity contribution is 7.86. The van der Waals surface area contributed by atoms with Crippen molar-refractivity contribution < 1.29 is 56.9 Å². The van der Waals surface area contributed by atoms with Gasteiger partial charge in [-0.2, -0.15) is 8.42 Å². The number of nitrogens with zero attached hydrogens (tertiary/aromatic N) is 1. The van der Waals surface area contributed by atoms with E-state index in [1.807, 2.05) is 52.0 Å². The summed E-state index contributed by atoms with van der Waals surface area (Å²) in [5, 5.41) is 50.0. The Kier molecular flexibility index (Phi) is 24.9. The second-order valence-electron chi connectivity index (χ2n) is 12.8. The van der Waals surface area contributed by atoms with Crippen molar-refractivity contribution in [3.63, 3.8) is 0 Å². The molecular weight excluding hydrogens is 787 g/mol. The quantitative estimate of drug-likeness (QED) is 0.0176. The number of hydrogen-bond acceptors (Lipinski definition) is 15. The molecule has 1 saturated heterocycles. The van der Waals surface area contributed by atoms with E-state index in [0.29, 0.717) is 55.7 Å². The maximum absolute atomic E-state index is 11.6. The van der Waals surface area contributed by atoms with Crippen molar-refractivity contribution in [2.45, 2.75) is 56.9 Å². The number of non-ortho nitro benzene ring substituents is 1. The van der Waals surface area contributed by atoms with Gasteiger partial charge in [0.05, 0.1) is 18.1 Å². The molecule has 16 nitrogen and oxygen atoms in total. The molecule has 0 spiro atoms. The second-order valence-corrected chi connectivity index (χ2v) is 14.4. The Labute approximate surface area is 346 Å². The molecule has 4 aromatic rings. The summed E-state index contributed by atoms with van der Waals surface area (Å²) in [5.74, 6) is 1.79. The lowest BCUT2D eigenvalue weighted by Crippen LogP contribution is -2.35. The third-order valence-corrected chi connectivity index (χ3v) is 7.91. The van der Waals surface area contributed by atoms with Gasteiger partial charge < -0.3 is 50.4 Å². The highest BCUT2D eigenvalue weighted by Gasteiger charge is 2.27. The van der Waals surface area contributed by atoms with E-state index in [1.165, 1.54) is 30.3 Å². The molecule has 0 unspecified atom stereocenters. The largest absolute Gasteiger partial charge is 0.504 e. The number of hydrogen-bond donors (Lipinski definition) is 6. The number of phenolic OH excluding ortho intramolecular Hbond substituents is 3. The maximum Gasteiger partial charge on any atom is 0.297 e. The zero-order valence-electron chi connectivity index (χ0n) is 33.8. The number of aliphatic hydroxyl groups is 1. The van der Waals surface area contributed by atoms with Crippen LogP contribution in [0.25, 0.3) is 0 Å². The third kappa shape index (κ3) is 24.0. The Morgan fingerprint density at radius 1 is 0.831 bits per heavy atom. The number of nitro benzene ring substituents is 1. The number of nitrogens with one attached hydrogen (secondary N) is 1. The van der Waals surface area contributed by atoms with Crippen LogP contribution in [0.1, 0.15) is 27.7 Å². The molecular formula is C42H57N3O13S. The molecule has 5 rings (SSSR count). The fourth-order valence-electron chi connectivity index (χ4n) is 3.80. The topological polar surface area (TPSA) is 246 Å². The molecule has 0 aliphatic carbocycles. The van der Waals surface area contributed by atoms with Crippen LogP contribution in [0.4, 0.5) is 5.69 Å². The first kappa shape index (κ1) is 51.3. The van der Waals surface area contributed by atoms with E-state index >= 15 is 0 Å². The van der Waals surface area contributed by atoms with Gasteiger partial charge in [0, 0.05) is 24.7 Å². The minimum Gasteiger partial charge on any atom is -0.504 e. The third-order valence-electron chi connectivity index (χ3n) is 6.63. The first-order chi connectivity index (χ1) is 28.0. The minimum absolute atomic E-state index is 0.0645. The van der Waals surface area contributed by atoms with Gasteiger partial charge in [-0.05, 0) is 48.5 Å². The summed E-state index contributed by atoms with van der Waals surface area (Å²) in [7, 11) is -3.96. The molecule has 0 aromatic heterocycles. The second kappa shape index (κ2) is 28.7. The van der Waals surface area contributed by atoms with Gasteiger partial charge in [-0.25, -0.2) is 0 Å². The van der Waals surface area contributed by atoms with Crippen LogP contribution in [0.3, 0.4) is 0 Å². The van der Waals surface area contributed by atoms with Crippen LogP contribution in [0.5, 0.6) is 34.5 Å². The Bertz CT molecular complexity index is 1900. The molecule has 0 amide bonds. The van der Waals surface area contributed by atoms with Crippen LogP contribution in [0.2, 0.25) is 0 Å². The zero-order valence-corrected chi connectivity index (χ0v) is 34.6. The molecule has 1 aliphatic heterocycles. The normalized spacial score (nSPS) is 12.9. The molecule has 0 radical (unpaired) electrons. The molecule has 17 heteroatoms. The van der Waals surface area contributed by atoms with Gasteiger partial charge >= 0.3 is 0 Å². The fourth-order valence-corrected chi connectivity index (χ4v) is 4.77. The molecule has 4 aromatic carbocycles. The Morgan fingerprint density at radius 3 is 1.76 bits per heavy atom. The van der Waals surface area contributed by atoms with Gasteiger partial charge in [-0.3, -0.25) is 14.3 Å². The van der Waals surface area contributed by atoms with Gasteiger partial charge in [-0.15, -0.1) is 0 Å². The smallest absolute Gasteiger partial charge is 0.297 e. The number of rotatable bonds is 17. The summed E-state index contributed by atoms with van der Waals surface area (Å²) in [5.41, 5.74) is 4.82. The van der Waals surface area contributed by atoms with Gasteiger partial charge in [0.2, 0.25) is 0 Å². The van der Waals surface area contributed by atoms with E-state index < -0.39 is 21.1 Å². The molecule has 324 valence electrons. The summed E-state index contributed by atoms with van der Waals surface area (Å²) >= 11 is 0. The van der Waals surface area contributed by atoms with Crippen LogP contribution in [0, 0.1) is 10.1 Å². The molecule has 1 heterocycles. The van der Waals surface area contributed by atoms with E-state index in [1.54, 1.807) is 48.6 Å². The van der Waals surface area contributed by atoms with E-state index in [9.17, 15) is 28.7 Å². The molecule has 59 heavy (non-hydrogen) atoms. The molecule has 1 fully saturated rings. The SMILES string of the molecule is C=CCOc1ccccc1O.C=CCOc1ccccc1OC[C@@H](O)CNC(C)C.CC(C)N.O=[N+]([O-])c1cccc(S(=O)(=O)OC[C@@H]2CO2)c1.Oc1ccccc1O. The van der Waals surface area contributed by atoms with Crippen molar-refractivity contribution in [1.82, 2.24) is 5.32 Å². The van der Waals surface area contributed by atoms with E-state index in [0.717, 1.165) is 6.07 Å². The lowest BCUT2D eigenvalue weighted by atomic mass is 10.3. The summed E-state index contributed by atoms with van der Waals surface area (Å²) in [6.07, 6.45) is 2.57. The average Bonchev–Trinajstić information content (AvgIpc) is 4.04. The van der Waals surface area contributed by atoms with Gasteiger partial charge in [0.25, 0.3) is 15.8 Å². The van der Waals surface area contributed by atoms with Crippen LogP contribution >= 0.6 is 0 Å². The minimum atomic E-state index is -3.96. The number of benzene rings is 4. The van der Waals surface area contributed by atoms with Crippen molar-refractivity contribution in [2.24, 2.45) is 5.73 Å². The Morgan fingerprint density at radius 2 is 1.31 bits per heavy atom. The zero-order chi connectivity index (χ0) is 44.2. The summed E-state index contributed by atoms with van der Waals surface area (Å²) in [6.45, 7) is 17.1. The average molecular weight is 844 g/mol. The van der Waals surface area contributed by atoms with E-state index in [4.69, 9.17) is 39.1 Å². The number of aromatic hydroxyl groups is 3. The van der Waals surface area contributed by atoms with Crippen LogP contribution < -0.4 is 25.3 Å². The number of phenols is 3. The van der Waals surface area contributed by atoms with Crippen molar-refractivity contribution in [3.8, 4) is 34.5 Å². The predicted molar refractivity (Wildman–Crippen MR) is 226 cm³/mol. The summed E-state index contributed by atoms with van der Waals surface area (Å²) in [6, 6.07) is 25.8. The summed E-state index contributed by atoms with van der Waals surface area (Å²) < 4.78 is 49.0. The number of epoxide rings is 1. The van der Waals surface area contributed by atoms with E-state index in [2.05, 4.69) is 18.5 Å². The number of para-hydroxylation sites is 6. The van der Waals surface area contributed by atoms with Crippen LogP contribution in [-0.2, 0) is 19.0 Å². The molecule has 1 aliphatic rings. The fraction of sp³-hybridized carbons (Fsp3) is 0.333. The highest BCUT2D eigenvalue weighted by atomic mass is 32.2. The van der Waals surface area contributed by atoms with Gasteiger partial charge in [0.1, 0.15) is 36.9 Å². The van der Waals surface area contributed by atoms with Crippen LogP contribution in [-0.4, -0.2) is 97.6 Å². The first-order valence-electron chi connectivity index (χ1n) is 18.4. The van der Waals surface area contributed by atoms with Crippen molar-refractivity contribution in [1.29, 1.82) is 0 Å². The lowest BCUT2D eigenvalue weighted by molar-refractivity contribution is -0.385. The van der Waals surface area contributed by atoms with Crippen molar-refractivity contribution >= 4 is 15.8 Å². The lowest BCUT2D eigenvalue weighted by Gasteiger charge is -2.16. The Balaban J connectivity index is 0.000000397. The Hall–Kier alpha value is -5.69. The number of nitrogens with two attached hydrogens (primary N) is 1. The molecule has 0 saturated carbocycles. The molecule has 2 atom stereocenters. The van der Waals surface area contributed by atoms with Crippen molar-refractivity contribution in [3.05, 3.63) is 132 Å². The number of aliphatic hydroxyl groups excluding tert-OH is 1. The van der Waals surface area contributed by atoms with Crippen LogP contribution in [0.15, 0.2) is 127 Å². The monoisotopic (exact) mass is 843 g/mol. The predicted octanol–water partition coefficient (Wildman–Crippen LogP) is 6.10.